The maximum Gasteiger partial charge on any atom is 0.343 e. The average molecular weight is 329 g/mol. The van der Waals surface area contributed by atoms with Crippen molar-refractivity contribution >= 4 is 17.9 Å². The highest BCUT2D eigenvalue weighted by atomic mass is 16.5. The summed E-state index contributed by atoms with van der Waals surface area (Å²) >= 11 is 0. The fourth-order valence-corrected chi connectivity index (χ4v) is 2.26. The van der Waals surface area contributed by atoms with Gasteiger partial charge in [0.05, 0.1) is 11.3 Å². The van der Waals surface area contributed by atoms with E-state index in [4.69, 9.17) is 4.74 Å². The third-order valence-electron chi connectivity index (χ3n) is 3.77. The summed E-state index contributed by atoms with van der Waals surface area (Å²) in [6, 6.07) is 22.6. The maximum absolute atomic E-state index is 12.1. The second kappa shape index (κ2) is 7.58. The zero-order valence-electron chi connectivity index (χ0n) is 14.3. The summed E-state index contributed by atoms with van der Waals surface area (Å²) in [6.07, 6.45) is 1.81. The van der Waals surface area contributed by atoms with Crippen LogP contribution < -0.4 is 4.74 Å². The normalized spacial score (nSPS) is 10.8. The Hall–Kier alpha value is -3.20. The number of esters is 1. The van der Waals surface area contributed by atoms with Crippen LogP contribution >= 0.6 is 0 Å². The van der Waals surface area contributed by atoms with Gasteiger partial charge in [0.2, 0.25) is 0 Å². The predicted molar refractivity (Wildman–Crippen MR) is 101 cm³/mol. The minimum absolute atomic E-state index is 0.365. The first-order valence-electron chi connectivity index (χ1n) is 8.10. The molecule has 0 spiro atoms. The van der Waals surface area contributed by atoms with Crippen LogP contribution in [0.25, 0.3) is 0 Å². The zero-order valence-corrected chi connectivity index (χ0v) is 14.3. The molecule has 0 fully saturated rings. The molecule has 0 aromatic heterocycles. The molecule has 0 radical (unpaired) electrons. The summed E-state index contributed by atoms with van der Waals surface area (Å²) in [5.41, 5.74) is 4.70. The lowest BCUT2D eigenvalue weighted by atomic mass is 10.1. The van der Waals surface area contributed by atoms with Crippen molar-refractivity contribution in [2.75, 3.05) is 0 Å². The number of aliphatic imine (C=N–C) groups is 1. The van der Waals surface area contributed by atoms with Gasteiger partial charge < -0.3 is 4.74 Å². The largest absolute Gasteiger partial charge is 0.423 e. The van der Waals surface area contributed by atoms with E-state index in [1.54, 1.807) is 24.3 Å². The predicted octanol–water partition coefficient (Wildman–Crippen LogP) is 5.27. The SMILES string of the molecule is Cc1ccc(C=Nc2ccc(OC(=O)c3ccc(C)cc3)cc2)cc1. The molecule has 0 aliphatic rings. The highest BCUT2D eigenvalue weighted by molar-refractivity contribution is 5.91. The zero-order chi connectivity index (χ0) is 17.6. The molecule has 0 heterocycles. The summed E-state index contributed by atoms with van der Waals surface area (Å²) < 4.78 is 5.38. The van der Waals surface area contributed by atoms with Crippen molar-refractivity contribution in [1.29, 1.82) is 0 Å². The van der Waals surface area contributed by atoms with Crippen molar-refractivity contribution in [1.82, 2.24) is 0 Å². The van der Waals surface area contributed by atoms with Crippen molar-refractivity contribution in [3.8, 4) is 5.75 Å². The van der Waals surface area contributed by atoms with Gasteiger partial charge in [-0.1, -0.05) is 47.5 Å². The number of ether oxygens (including phenoxy) is 1. The van der Waals surface area contributed by atoms with E-state index in [2.05, 4.69) is 24.0 Å². The van der Waals surface area contributed by atoms with E-state index < -0.39 is 0 Å². The molecule has 3 nitrogen and oxygen atoms in total. The van der Waals surface area contributed by atoms with Crippen molar-refractivity contribution in [2.24, 2.45) is 4.99 Å². The van der Waals surface area contributed by atoms with Crippen LogP contribution in [0.3, 0.4) is 0 Å². The highest BCUT2D eigenvalue weighted by Crippen LogP contribution is 2.19. The van der Waals surface area contributed by atoms with Crippen molar-refractivity contribution < 1.29 is 9.53 Å². The topological polar surface area (TPSA) is 38.7 Å². The second-order valence-electron chi connectivity index (χ2n) is 5.92. The van der Waals surface area contributed by atoms with Crippen molar-refractivity contribution in [2.45, 2.75) is 13.8 Å². The van der Waals surface area contributed by atoms with Crippen LogP contribution in [0, 0.1) is 13.8 Å². The molecular weight excluding hydrogens is 310 g/mol. The quantitative estimate of drug-likeness (QED) is 0.371. The number of hydrogen-bond donors (Lipinski definition) is 0. The van der Waals surface area contributed by atoms with Gasteiger partial charge in [0.15, 0.2) is 0 Å². The summed E-state index contributed by atoms with van der Waals surface area (Å²) in [6.45, 7) is 4.03. The van der Waals surface area contributed by atoms with Gasteiger partial charge in [-0.3, -0.25) is 4.99 Å². The molecule has 124 valence electrons. The monoisotopic (exact) mass is 329 g/mol. The smallest absolute Gasteiger partial charge is 0.343 e. The van der Waals surface area contributed by atoms with E-state index in [1.807, 2.05) is 49.5 Å². The Kier molecular flexibility index (Phi) is 5.05. The van der Waals surface area contributed by atoms with Gasteiger partial charge in [-0.2, -0.15) is 0 Å². The molecule has 3 heteroatoms. The molecule has 0 unspecified atom stereocenters. The van der Waals surface area contributed by atoms with Crippen LogP contribution in [0.15, 0.2) is 77.8 Å². The van der Waals surface area contributed by atoms with Crippen LogP contribution in [0.4, 0.5) is 5.69 Å². The maximum atomic E-state index is 12.1. The van der Waals surface area contributed by atoms with E-state index in [0.717, 1.165) is 16.8 Å². The molecule has 25 heavy (non-hydrogen) atoms. The first-order chi connectivity index (χ1) is 12.1. The van der Waals surface area contributed by atoms with Crippen LogP contribution in [0.5, 0.6) is 5.75 Å². The van der Waals surface area contributed by atoms with Crippen LogP contribution in [0.1, 0.15) is 27.0 Å². The molecule has 0 aliphatic heterocycles. The Morgan fingerprint density at radius 3 is 1.96 bits per heavy atom. The Morgan fingerprint density at radius 2 is 1.36 bits per heavy atom. The lowest BCUT2D eigenvalue weighted by Crippen LogP contribution is -2.08. The standard InChI is InChI=1S/C22H19NO2/c1-16-3-7-18(8-4-16)15-23-20-11-13-21(14-12-20)25-22(24)19-9-5-17(2)6-10-19/h3-15H,1-2H3. The van der Waals surface area contributed by atoms with Crippen LogP contribution in [-0.2, 0) is 0 Å². The van der Waals surface area contributed by atoms with Crippen LogP contribution in [-0.4, -0.2) is 12.2 Å². The molecule has 0 amide bonds. The van der Waals surface area contributed by atoms with Crippen molar-refractivity contribution in [3.05, 3.63) is 95.1 Å². The van der Waals surface area contributed by atoms with Gasteiger partial charge in [0, 0.05) is 6.21 Å². The molecular formula is C22H19NO2. The third-order valence-corrected chi connectivity index (χ3v) is 3.77. The number of rotatable bonds is 4. The fraction of sp³-hybridized carbons (Fsp3) is 0.0909. The molecule has 3 aromatic rings. The number of carbonyl (C=O) groups excluding carboxylic acids is 1. The number of aryl methyl sites for hydroxylation is 2. The van der Waals surface area contributed by atoms with E-state index in [-0.39, 0.29) is 5.97 Å². The highest BCUT2D eigenvalue weighted by Gasteiger charge is 2.07. The Labute approximate surface area is 147 Å². The molecule has 3 aromatic carbocycles. The average Bonchev–Trinajstić information content (AvgIpc) is 2.63. The van der Waals surface area contributed by atoms with Gasteiger partial charge in [0.25, 0.3) is 0 Å². The molecule has 3 rings (SSSR count). The molecule has 0 bridgehead atoms. The summed E-state index contributed by atoms with van der Waals surface area (Å²) in [5, 5.41) is 0. The van der Waals surface area contributed by atoms with Gasteiger partial charge in [-0.15, -0.1) is 0 Å². The Morgan fingerprint density at radius 1 is 0.800 bits per heavy atom. The number of nitrogens with zero attached hydrogens (tertiary/aromatic N) is 1. The lowest BCUT2D eigenvalue weighted by molar-refractivity contribution is 0.0735. The van der Waals surface area contributed by atoms with E-state index in [1.165, 1.54) is 5.56 Å². The van der Waals surface area contributed by atoms with E-state index >= 15 is 0 Å². The first kappa shape index (κ1) is 16.7. The third kappa shape index (κ3) is 4.64. The lowest BCUT2D eigenvalue weighted by Gasteiger charge is -2.05. The van der Waals surface area contributed by atoms with Gasteiger partial charge in [-0.25, -0.2) is 4.79 Å². The van der Waals surface area contributed by atoms with E-state index in [0.29, 0.717) is 11.3 Å². The Bertz CT molecular complexity index is 877. The molecule has 0 atom stereocenters. The number of carbonyl (C=O) groups is 1. The van der Waals surface area contributed by atoms with Crippen molar-refractivity contribution in [3.63, 3.8) is 0 Å². The van der Waals surface area contributed by atoms with Gasteiger partial charge in [0.1, 0.15) is 5.75 Å². The number of hydrogen-bond acceptors (Lipinski definition) is 3. The minimum atomic E-state index is -0.365. The van der Waals surface area contributed by atoms with Gasteiger partial charge >= 0.3 is 5.97 Å². The summed E-state index contributed by atoms with van der Waals surface area (Å²) in [5.74, 6) is 0.135. The summed E-state index contributed by atoms with van der Waals surface area (Å²) in [4.78, 5) is 16.5. The molecule has 0 saturated heterocycles. The van der Waals surface area contributed by atoms with Crippen LogP contribution in [0.2, 0.25) is 0 Å². The minimum Gasteiger partial charge on any atom is -0.423 e. The number of benzene rings is 3. The molecule has 0 saturated carbocycles. The second-order valence-corrected chi connectivity index (χ2v) is 5.92. The van der Waals surface area contributed by atoms with E-state index in [9.17, 15) is 4.79 Å². The fourth-order valence-electron chi connectivity index (χ4n) is 2.26. The van der Waals surface area contributed by atoms with Gasteiger partial charge in [-0.05, 0) is 55.8 Å². The first-order valence-corrected chi connectivity index (χ1v) is 8.10. The summed E-state index contributed by atoms with van der Waals surface area (Å²) in [7, 11) is 0. The molecule has 0 N–H and O–H groups in total. The molecule has 0 aliphatic carbocycles. The Balaban J connectivity index is 1.64.